The van der Waals surface area contributed by atoms with Gasteiger partial charge in [-0.05, 0) is 36.4 Å². The molecule has 0 spiro atoms. The maximum Gasteiger partial charge on any atom is 0.263 e. The van der Waals surface area contributed by atoms with Crippen molar-refractivity contribution in [2.24, 2.45) is 0 Å². The second-order valence-corrected chi connectivity index (χ2v) is 9.02. The van der Waals surface area contributed by atoms with Gasteiger partial charge >= 0.3 is 0 Å². The quantitative estimate of drug-likeness (QED) is 0.366. The molecular weight excluding hydrogens is 460 g/mol. The maximum absolute atomic E-state index is 13.0. The Bertz CT molecular complexity index is 1620. The largest absolute Gasteiger partial charge is 0.384 e. The number of carbonyl (C=O) groups excluding carboxylic acids is 2. The van der Waals surface area contributed by atoms with E-state index in [4.69, 9.17) is 5.73 Å². The van der Waals surface area contributed by atoms with Crippen LogP contribution in [0.4, 0.5) is 11.6 Å². The first-order valence-corrected chi connectivity index (χ1v) is 11.4. The summed E-state index contributed by atoms with van der Waals surface area (Å²) in [5.41, 5.74) is 6.09. The Balaban J connectivity index is 1.48. The van der Waals surface area contributed by atoms with Crippen LogP contribution in [-0.2, 0) is 10.0 Å². The van der Waals surface area contributed by atoms with Crippen molar-refractivity contribution in [2.75, 3.05) is 10.5 Å². The molecule has 0 radical (unpaired) electrons. The van der Waals surface area contributed by atoms with E-state index >= 15 is 0 Å². The Labute approximate surface area is 192 Å². The molecule has 0 fully saturated rings. The minimum Gasteiger partial charge on any atom is -0.384 e. The van der Waals surface area contributed by atoms with E-state index in [1.807, 2.05) is 6.07 Å². The summed E-state index contributed by atoms with van der Waals surface area (Å²) in [6.45, 7) is 0. The number of nitrogen functional groups attached to an aromatic ring is 1. The van der Waals surface area contributed by atoms with Crippen molar-refractivity contribution in [1.29, 1.82) is 0 Å². The van der Waals surface area contributed by atoms with Gasteiger partial charge in [0.1, 0.15) is 11.6 Å². The van der Waals surface area contributed by atoms with Gasteiger partial charge in [-0.15, -0.1) is 0 Å². The normalized spacial score (nSPS) is 12.9. The van der Waals surface area contributed by atoms with Crippen molar-refractivity contribution >= 4 is 33.5 Å². The lowest BCUT2D eigenvalue weighted by Gasteiger charge is -2.13. The first-order chi connectivity index (χ1) is 16.3. The zero-order valence-electron chi connectivity index (χ0n) is 17.3. The minimum atomic E-state index is -4.00. The molecule has 1 aliphatic heterocycles. The molecule has 0 saturated carbocycles. The van der Waals surface area contributed by atoms with Gasteiger partial charge in [0.05, 0.1) is 33.6 Å². The molecule has 170 valence electrons. The van der Waals surface area contributed by atoms with Crippen molar-refractivity contribution in [2.45, 2.75) is 4.90 Å². The van der Waals surface area contributed by atoms with E-state index in [-0.39, 0.29) is 33.3 Å². The van der Waals surface area contributed by atoms with Gasteiger partial charge < -0.3 is 5.73 Å². The Kier molecular flexibility index (Phi) is 4.79. The van der Waals surface area contributed by atoms with Crippen LogP contribution in [0, 0.1) is 0 Å². The number of nitrogens with zero attached hydrogens (tertiary/aromatic N) is 3. The number of imide groups is 1. The summed E-state index contributed by atoms with van der Waals surface area (Å²) < 4.78 is 30.9. The summed E-state index contributed by atoms with van der Waals surface area (Å²) in [4.78, 5) is 36.3. The molecule has 1 aliphatic rings. The van der Waals surface area contributed by atoms with Crippen LogP contribution in [0.25, 0.3) is 11.4 Å². The van der Waals surface area contributed by atoms with Crippen LogP contribution in [-0.4, -0.2) is 34.6 Å². The third-order valence-electron chi connectivity index (χ3n) is 5.24. The number of benzene rings is 2. The van der Waals surface area contributed by atoms with Crippen molar-refractivity contribution in [3.63, 3.8) is 0 Å². The predicted octanol–water partition coefficient (Wildman–Crippen LogP) is 1.29. The predicted molar refractivity (Wildman–Crippen MR) is 123 cm³/mol. The van der Waals surface area contributed by atoms with Crippen LogP contribution in [0.15, 0.2) is 82.6 Å². The molecule has 2 aromatic heterocycles. The molecule has 2 amide bonds. The van der Waals surface area contributed by atoms with Crippen molar-refractivity contribution in [3.8, 4) is 11.4 Å². The number of nitrogens with one attached hydrogen (secondary N) is 2. The lowest BCUT2D eigenvalue weighted by Crippen LogP contribution is -2.24. The summed E-state index contributed by atoms with van der Waals surface area (Å²) in [5.74, 6) is -1.38. The highest BCUT2D eigenvalue weighted by Crippen LogP contribution is 2.24. The molecule has 12 heteroatoms. The van der Waals surface area contributed by atoms with Crippen LogP contribution in [0.1, 0.15) is 20.7 Å². The number of hydrogen-bond donors (Lipinski definition) is 3. The van der Waals surface area contributed by atoms with Crippen molar-refractivity contribution in [3.05, 3.63) is 94.4 Å². The number of para-hydroxylation sites is 1. The highest BCUT2D eigenvalue weighted by Gasteiger charge is 2.32. The Hall–Kier alpha value is -4.71. The summed E-state index contributed by atoms with van der Waals surface area (Å²) >= 11 is 0. The van der Waals surface area contributed by atoms with E-state index < -0.39 is 27.4 Å². The van der Waals surface area contributed by atoms with Crippen LogP contribution >= 0.6 is 0 Å². The Morgan fingerprint density at radius 2 is 1.59 bits per heavy atom. The molecule has 3 heterocycles. The number of fused-ring (bicyclic) bond motifs is 1. The number of sulfonamides is 1. The third kappa shape index (κ3) is 3.42. The molecule has 4 N–H and O–H groups in total. The van der Waals surface area contributed by atoms with E-state index in [9.17, 15) is 22.8 Å². The second-order valence-electron chi connectivity index (χ2n) is 7.34. The Morgan fingerprint density at radius 1 is 0.882 bits per heavy atom. The maximum atomic E-state index is 13.0. The smallest absolute Gasteiger partial charge is 0.263 e. The minimum absolute atomic E-state index is 0.0715. The lowest BCUT2D eigenvalue weighted by atomic mass is 10.1. The molecule has 0 unspecified atom stereocenters. The topological polar surface area (TPSA) is 158 Å². The fourth-order valence-corrected chi connectivity index (χ4v) is 4.71. The van der Waals surface area contributed by atoms with E-state index in [2.05, 4.69) is 15.1 Å². The molecule has 34 heavy (non-hydrogen) atoms. The van der Waals surface area contributed by atoms with Crippen LogP contribution in [0.5, 0.6) is 0 Å². The lowest BCUT2D eigenvalue weighted by molar-refractivity contribution is 0.0880. The molecular formula is C22H16N6O5S. The zero-order valence-corrected chi connectivity index (χ0v) is 18.1. The van der Waals surface area contributed by atoms with E-state index in [1.54, 1.807) is 24.3 Å². The Morgan fingerprint density at radius 3 is 2.29 bits per heavy atom. The molecule has 5 rings (SSSR count). The van der Waals surface area contributed by atoms with Crippen LogP contribution in [0.2, 0.25) is 0 Å². The molecule has 0 atom stereocenters. The number of rotatable bonds is 5. The van der Waals surface area contributed by atoms with Crippen LogP contribution in [0.3, 0.4) is 0 Å². The average Bonchev–Trinajstić information content (AvgIpc) is 3.38. The highest BCUT2D eigenvalue weighted by atomic mass is 32.2. The number of aromatic nitrogens is 3. The van der Waals surface area contributed by atoms with Gasteiger partial charge in [0.25, 0.3) is 27.4 Å². The van der Waals surface area contributed by atoms with Gasteiger partial charge in [-0.25, -0.2) is 13.1 Å². The number of carbonyl (C=O) groups is 2. The average molecular weight is 476 g/mol. The van der Waals surface area contributed by atoms with Gasteiger partial charge in [-0.1, -0.05) is 18.2 Å². The van der Waals surface area contributed by atoms with Crippen LogP contribution < -0.4 is 21.3 Å². The number of hydrogen-bond acceptors (Lipinski definition) is 7. The van der Waals surface area contributed by atoms with E-state index in [0.717, 1.165) is 10.6 Å². The highest BCUT2D eigenvalue weighted by molar-refractivity contribution is 7.92. The molecule has 2 aromatic carbocycles. The fourth-order valence-electron chi connectivity index (χ4n) is 3.67. The molecule has 0 bridgehead atoms. The number of nitrogens with two attached hydrogens (primary N) is 1. The third-order valence-corrected chi connectivity index (χ3v) is 6.61. The molecule has 11 nitrogen and oxygen atoms in total. The van der Waals surface area contributed by atoms with Gasteiger partial charge in [0, 0.05) is 12.1 Å². The van der Waals surface area contributed by atoms with E-state index in [1.165, 1.54) is 41.2 Å². The number of pyridine rings is 1. The molecule has 0 aliphatic carbocycles. The van der Waals surface area contributed by atoms with Crippen molar-refractivity contribution < 1.29 is 18.0 Å². The number of amides is 2. The standard InChI is InChI=1S/C22H16N6O5S/c23-20-19-16(21(30)25-22(19)31)12-18(29)27(20)13-6-8-15(9-7-13)34(32,33)26-17-10-11-24-28(17)14-4-2-1-3-5-14/h1-12,26H,23H2,(H,25,30,31). The summed E-state index contributed by atoms with van der Waals surface area (Å²) in [7, 11) is -4.00. The summed E-state index contributed by atoms with van der Waals surface area (Å²) in [6.07, 6.45) is 1.47. The SMILES string of the molecule is Nc1c2c(cc(=O)n1-c1ccc(S(=O)(=O)Nc3ccnn3-c3ccccc3)cc1)C(=O)NC2=O. The van der Waals surface area contributed by atoms with Gasteiger partial charge in [-0.3, -0.25) is 29.0 Å². The first kappa shape index (κ1) is 21.2. The van der Waals surface area contributed by atoms with Gasteiger partial charge in [0.2, 0.25) is 0 Å². The fraction of sp³-hybridized carbons (Fsp3) is 0. The second kappa shape index (κ2) is 7.71. The summed E-state index contributed by atoms with van der Waals surface area (Å²) in [6, 6.07) is 16.9. The van der Waals surface area contributed by atoms with Gasteiger partial charge in [-0.2, -0.15) is 5.10 Å². The van der Waals surface area contributed by atoms with Crippen molar-refractivity contribution in [1.82, 2.24) is 19.7 Å². The molecule has 4 aromatic rings. The molecule has 0 saturated heterocycles. The summed E-state index contributed by atoms with van der Waals surface area (Å²) in [5, 5.41) is 6.25. The monoisotopic (exact) mass is 476 g/mol. The van der Waals surface area contributed by atoms with Gasteiger partial charge in [0.15, 0.2) is 0 Å². The number of anilines is 2. The first-order valence-electron chi connectivity index (χ1n) is 9.90. The van der Waals surface area contributed by atoms with E-state index in [0.29, 0.717) is 5.69 Å². The zero-order chi connectivity index (χ0) is 24.0.